The van der Waals surface area contributed by atoms with Gasteiger partial charge in [0.1, 0.15) is 0 Å². The second-order valence-electron chi connectivity index (χ2n) is 5.74. The molecule has 1 saturated heterocycles. The Kier molecular flexibility index (Phi) is 4.34. The van der Waals surface area contributed by atoms with Gasteiger partial charge in [0.25, 0.3) is 5.91 Å². The molecule has 3 heterocycles. The van der Waals surface area contributed by atoms with Gasteiger partial charge in [0.15, 0.2) is 0 Å². The maximum Gasteiger partial charge on any atom is 0.263 e. The number of carbonyl (C=O) groups is 1. The molecule has 0 saturated carbocycles. The number of carbonyl (C=O) groups excluding carboxylic acids is 1. The molecule has 2 aromatic heterocycles. The predicted octanol–water partition coefficient (Wildman–Crippen LogP) is 3.55. The summed E-state index contributed by atoms with van der Waals surface area (Å²) in [5, 5.41) is 0. The van der Waals surface area contributed by atoms with E-state index in [1.807, 2.05) is 36.2 Å². The van der Waals surface area contributed by atoms with Crippen LogP contribution < -0.4 is 0 Å². The SMILES string of the molecule is Cc1ccc(C(=O)N2CCC[C@H](Cc3cccnc3)C2)s1. The monoisotopic (exact) mass is 300 g/mol. The highest BCUT2D eigenvalue weighted by atomic mass is 32.1. The Bertz CT molecular complexity index is 608. The van der Waals surface area contributed by atoms with Crippen LogP contribution >= 0.6 is 11.3 Å². The van der Waals surface area contributed by atoms with Crippen LogP contribution in [0.25, 0.3) is 0 Å². The Morgan fingerprint density at radius 3 is 3.05 bits per heavy atom. The van der Waals surface area contributed by atoms with Crippen molar-refractivity contribution < 1.29 is 4.79 Å². The Morgan fingerprint density at radius 2 is 2.33 bits per heavy atom. The Labute approximate surface area is 129 Å². The molecule has 1 aliphatic heterocycles. The zero-order chi connectivity index (χ0) is 14.7. The number of nitrogens with zero attached hydrogens (tertiary/aromatic N) is 2. The van der Waals surface area contributed by atoms with Gasteiger partial charge in [-0.2, -0.15) is 0 Å². The first kappa shape index (κ1) is 14.3. The van der Waals surface area contributed by atoms with Crippen LogP contribution in [0.4, 0.5) is 0 Å². The number of hydrogen-bond acceptors (Lipinski definition) is 3. The Morgan fingerprint density at radius 1 is 1.43 bits per heavy atom. The summed E-state index contributed by atoms with van der Waals surface area (Å²) in [5.41, 5.74) is 1.27. The van der Waals surface area contributed by atoms with E-state index in [0.717, 1.165) is 30.8 Å². The van der Waals surface area contributed by atoms with Gasteiger partial charge in [-0.1, -0.05) is 6.07 Å². The number of amides is 1. The lowest BCUT2D eigenvalue weighted by atomic mass is 9.92. The first-order valence-electron chi connectivity index (χ1n) is 7.47. The summed E-state index contributed by atoms with van der Waals surface area (Å²) in [6, 6.07) is 8.08. The molecule has 1 amide bonds. The van der Waals surface area contributed by atoms with Crippen LogP contribution in [0.15, 0.2) is 36.7 Å². The highest BCUT2D eigenvalue weighted by Gasteiger charge is 2.25. The Balaban J connectivity index is 1.64. The minimum absolute atomic E-state index is 0.198. The summed E-state index contributed by atoms with van der Waals surface area (Å²) in [6.45, 7) is 3.80. The van der Waals surface area contributed by atoms with Gasteiger partial charge in [-0.3, -0.25) is 9.78 Å². The number of aromatic nitrogens is 1. The van der Waals surface area contributed by atoms with Gasteiger partial charge in [-0.15, -0.1) is 11.3 Å². The molecule has 0 spiro atoms. The van der Waals surface area contributed by atoms with Crippen molar-refractivity contribution in [3.8, 4) is 0 Å². The number of piperidine rings is 1. The minimum Gasteiger partial charge on any atom is -0.338 e. The highest BCUT2D eigenvalue weighted by Crippen LogP contribution is 2.24. The van der Waals surface area contributed by atoms with Crippen molar-refractivity contribution in [1.29, 1.82) is 0 Å². The lowest BCUT2D eigenvalue weighted by Crippen LogP contribution is -2.40. The smallest absolute Gasteiger partial charge is 0.263 e. The van der Waals surface area contributed by atoms with Crippen LogP contribution in [-0.4, -0.2) is 28.9 Å². The van der Waals surface area contributed by atoms with E-state index in [1.54, 1.807) is 17.5 Å². The number of aryl methyl sites for hydroxylation is 1. The van der Waals surface area contributed by atoms with E-state index >= 15 is 0 Å². The number of likely N-dealkylation sites (tertiary alicyclic amines) is 1. The van der Waals surface area contributed by atoms with E-state index in [9.17, 15) is 4.79 Å². The number of thiophene rings is 1. The summed E-state index contributed by atoms with van der Waals surface area (Å²) >= 11 is 1.59. The third-order valence-electron chi connectivity index (χ3n) is 4.00. The molecule has 0 radical (unpaired) electrons. The van der Waals surface area contributed by atoms with Crippen LogP contribution in [0.2, 0.25) is 0 Å². The molecule has 1 fully saturated rings. The minimum atomic E-state index is 0.198. The second-order valence-corrected chi connectivity index (χ2v) is 7.02. The summed E-state index contributed by atoms with van der Waals surface area (Å²) in [4.78, 5) is 20.8. The van der Waals surface area contributed by atoms with Gasteiger partial charge < -0.3 is 4.90 Å². The molecular weight excluding hydrogens is 280 g/mol. The third-order valence-corrected chi connectivity index (χ3v) is 4.99. The van der Waals surface area contributed by atoms with Gasteiger partial charge >= 0.3 is 0 Å². The molecule has 0 aromatic carbocycles. The van der Waals surface area contributed by atoms with Gasteiger partial charge in [0.05, 0.1) is 4.88 Å². The normalized spacial score (nSPS) is 18.7. The maximum absolute atomic E-state index is 12.5. The standard InChI is InChI=1S/C17H20N2OS/c1-13-6-7-16(21-13)17(20)19-9-3-5-15(12-19)10-14-4-2-8-18-11-14/h2,4,6-8,11,15H,3,5,9-10,12H2,1H3/t15-/m1/s1. The van der Waals surface area contributed by atoms with E-state index in [0.29, 0.717) is 5.92 Å². The van der Waals surface area contributed by atoms with Crippen molar-refractivity contribution in [1.82, 2.24) is 9.88 Å². The summed E-state index contributed by atoms with van der Waals surface area (Å²) in [6.07, 6.45) is 7.05. The van der Waals surface area contributed by atoms with E-state index in [4.69, 9.17) is 0 Å². The molecule has 0 unspecified atom stereocenters. The molecule has 0 N–H and O–H groups in total. The molecule has 110 valence electrons. The summed E-state index contributed by atoms with van der Waals surface area (Å²) in [5.74, 6) is 0.747. The summed E-state index contributed by atoms with van der Waals surface area (Å²) in [7, 11) is 0. The molecule has 3 nitrogen and oxygen atoms in total. The molecule has 1 aliphatic rings. The third kappa shape index (κ3) is 3.50. The largest absolute Gasteiger partial charge is 0.338 e. The molecule has 0 aliphatic carbocycles. The van der Waals surface area contributed by atoms with Crippen LogP contribution in [0, 0.1) is 12.8 Å². The summed E-state index contributed by atoms with van der Waals surface area (Å²) < 4.78 is 0. The zero-order valence-corrected chi connectivity index (χ0v) is 13.1. The predicted molar refractivity (Wildman–Crippen MR) is 85.6 cm³/mol. The van der Waals surface area contributed by atoms with Crippen molar-refractivity contribution in [2.75, 3.05) is 13.1 Å². The number of pyridine rings is 1. The van der Waals surface area contributed by atoms with Crippen molar-refractivity contribution in [3.05, 3.63) is 52.0 Å². The van der Waals surface area contributed by atoms with Crippen molar-refractivity contribution >= 4 is 17.2 Å². The van der Waals surface area contributed by atoms with Gasteiger partial charge in [0.2, 0.25) is 0 Å². The lowest BCUT2D eigenvalue weighted by Gasteiger charge is -2.32. The second kappa shape index (κ2) is 6.39. The van der Waals surface area contributed by atoms with Crippen LogP contribution in [0.1, 0.15) is 33.0 Å². The Hall–Kier alpha value is -1.68. The van der Waals surface area contributed by atoms with Crippen molar-refractivity contribution in [3.63, 3.8) is 0 Å². The first-order chi connectivity index (χ1) is 10.2. The van der Waals surface area contributed by atoms with E-state index in [-0.39, 0.29) is 5.91 Å². The zero-order valence-electron chi connectivity index (χ0n) is 12.3. The highest BCUT2D eigenvalue weighted by molar-refractivity contribution is 7.13. The molecule has 21 heavy (non-hydrogen) atoms. The molecule has 3 rings (SSSR count). The molecule has 0 bridgehead atoms. The first-order valence-corrected chi connectivity index (χ1v) is 8.28. The van der Waals surface area contributed by atoms with E-state index in [2.05, 4.69) is 11.1 Å². The number of rotatable bonds is 3. The van der Waals surface area contributed by atoms with Crippen molar-refractivity contribution in [2.45, 2.75) is 26.2 Å². The average Bonchev–Trinajstić information content (AvgIpc) is 2.94. The van der Waals surface area contributed by atoms with Gasteiger partial charge in [0, 0.05) is 30.4 Å². The van der Waals surface area contributed by atoms with Gasteiger partial charge in [-0.05, 0) is 55.9 Å². The fraction of sp³-hybridized carbons (Fsp3) is 0.412. The van der Waals surface area contributed by atoms with Gasteiger partial charge in [-0.25, -0.2) is 0 Å². The molecule has 2 aromatic rings. The lowest BCUT2D eigenvalue weighted by molar-refractivity contribution is 0.0678. The fourth-order valence-corrected chi connectivity index (χ4v) is 3.81. The molecule has 1 atom stereocenters. The molecule has 4 heteroatoms. The van der Waals surface area contributed by atoms with E-state index < -0.39 is 0 Å². The molecular formula is C17H20N2OS. The fourth-order valence-electron chi connectivity index (χ4n) is 2.97. The van der Waals surface area contributed by atoms with E-state index in [1.165, 1.54) is 16.9 Å². The maximum atomic E-state index is 12.5. The van der Waals surface area contributed by atoms with Crippen molar-refractivity contribution in [2.24, 2.45) is 5.92 Å². The average molecular weight is 300 g/mol. The van der Waals surface area contributed by atoms with Crippen LogP contribution in [0.5, 0.6) is 0 Å². The number of hydrogen-bond donors (Lipinski definition) is 0. The topological polar surface area (TPSA) is 33.2 Å². The quantitative estimate of drug-likeness (QED) is 0.868. The van der Waals surface area contributed by atoms with Crippen LogP contribution in [-0.2, 0) is 6.42 Å². The van der Waals surface area contributed by atoms with Crippen LogP contribution in [0.3, 0.4) is 0 Å².